The Morgan fingerprint density at radius 1 is 0.828 bits per heavy atom. The lowest BCUT2D eigenvalue weighted by atomic mass is 9.88. The van der Waals surface area contributed by atoms with Crippen LogP contribution >= 0.6 is 0 Å². The molecular formula is C25H26N2O2. The molecule has 1 fully saturated rings. The average Bonchev–Trinajstić information content (AvgIpc) is 2.81. The molecule has 3 aromatic carbocycles. The second-order valence-electron chi connectivity index (χ2n) is 7.58. The van der Waals surface area contributed by atoms with Gasteiger partial charge in [-0.15, -0.1) is 0 Å². The highest BCUT2D eigenvalue weighted by atomic mass is 16.5. The van der Waals surface area contributed by atoms with Crippen LogP contribution in [0.15, 0.2) is 84.9 Å². The zero-order chi connectivity index (χ0) is 20.1. The minimum Gasteiger partial charge on any atom is -0.371 e. The monoisotopic (exact) mass is 386 g/mol. The van der Waals surface area contributed by atoms with Crippen molar-refractivity contribution in [2.75, 3.05) is 18.0 Å². The van der Waals surface area contributed by atoms with Gasteiger partial charge in [0.15, 0.2) is 0 Å². The molecule has 1 atom stereocenters. The van der Waals surface area contributed by atoms with E-state index in [1.807, 2.05) is 47.9 Å². The molecule has 148 valence electrons. The predicted octanol–water partition coefficient (Wildman–Crippen LogP) is 4.71. The van der Waals surface area contributed by atoms with Crippen molar-refractivity contribution in [2.45, 2.75) is 24.7 Å². The van der Waals surface area contributed by atoms with Gasteiger partial charge in [-0.25, -0.2) is 5.48 Å². The quantitative estimate of drug-likeness (QED) is 0.493. The van der Waals surface area contributed by atoms with E-state index < -0.39 is 11.8 Å². The number of amides is 1. The van der Waals surface area contributed by atoms with E-state index in [0.29, 0.717) is 5.92 Å². The first-order valence-corrected chi connectivity index (χ1v) is 10.1. The maximum atomic E-state index is 12.3. The molecular weight excluding hydrogens is 360 g/mol. The highest BCUT2D eigenvalue weighted by Crippen LogP contribution is 2.32. The van der Waals surface area contributed by atoms with Gasteiger partial charge in [0.1, 0.15) is 0 Å². The highest BCUT2D eigenvalue weighted by Gasteiger charge is 2.24. The van der Waals surface area contributed by atoms with Crippen LogP contribution in [0.5, 0.6) is 0 Å². The number of nitrogens with zero attached hydrogens (tertiary/aromatic N) is 1. The number of anilines is 1. The van der Waals surface area contributed by atoms with Crippen LogP contribution in [-0.2, 0) is 4.79 Å². The maximum absolute atomic E-state index is 12.3. The summed E-state index contributed by atoms with van der Waals surface area (Å²) in [7, 11) is 0. The summed E-state index contributed by atoms with van der Waals surface area (Å²) >= 11 is 0. The van der Waals surface area contributed by atoms with Crippen molar-refractivity contribution in [3.63, 3.8) is 0 Å². The van der Waals surface area contributed by atoms with Gasteiger partial charge in [0, 0.05) is 18.8 Å². The fraction of sp³-hybridized carbons (Fsp3) is 0.240. The molecule has 1 aliphatic heterocycles. The Bertz CT molecular complexity index is 918. The summed E-state index contributed by atoms with van der Waals surface area (Å²) in [4.78, 5) is 14.7. The van der Waals surface area contributed by atoms with E-state index in [1.54, 1.807) is 0 Å². The second-order valence-corrected chi connectivity index (χ2v) is 7.58. The normalized spacial score (nSPS) is 15.7. The molecule has 3 aromatic rings. The van der Waals surface area contributed by atoms with Crippen molar-refractivity contribution in [3.8, 4) is 0 Å². The van der Waals surface area contributed by atoms with E-state index in [2.05, 4.69) is 47.4 Å². The van der Waals surface area contributed by atoms with Crippen LogP contribution in [-0.4, -0.2) is 24.2 Å². The summed E-state index contributed by atoms with van der Waals surface area (Å²) in [5.74, 6) is -0.325. The summed E-state index contributed by atoms with van der Waals surface area (Å²) in [6.45, 7) is 2.05. The Balaban J connectivity index is 1.47. The van der Waals surface area contributed by atoms with Gasteiger partial charge in [-0.1, -0.05) is 72.8 Å². The third kappa shape index (κ3) is 4.33. The Morgan fingerprint density at radius 3 is 1.97 bits per heavy atom. The molecule has 0 spiro atoms. The Kier molecular flexibility index (Phi) is 5.92. The third-order valence-electron chi connectivity index (χ3n) is 5.86. The van der Waals surface area contributed by atoms with Gasteiger partial charge in [0.05, 0.1) is 5.92 Å². The van der Waals surface area contributed by atoms with Crippen molar-refractivity contribution in [1.29, 1.82) is 0 Å². The van der Waals surface area contributed by atoms with Gasteiger partial charge in [-0.3, -0.25) is 10.0 Å². The van der Waals surface area contributed by atoms with E-state index in [-0.39, 0.29) is 0 Å². The molecule has 2 N–H and O–H groups in total. The van der Waals surface area contributed by atoms with Crippen LogP contribution in [0.2, 0.25) is 0 Å². The topological polar surface area (TPSA) is 52.6 Å². The zero-order valence-corrected chi connectivity index (χ0v) is 16.4. The molecule has 1 saturated heterocycles. The Labute approximate surface area is 171 Å². The average molecular weight is 386 g/mol. The molecule has 4 rings (SSSR count). The van der Waals surface area contributed by atoms with E-state index >= 15 is 0 Å². The summed E-state index contributed by atoms with van der Waals surface area (Å²) in [6.07, 6.45) is 2.29. The molecule has 0 bridgehead atoms. The molecule has 4 heteroatoms. The van der Waals surface area contributed by atoms with E-state index in [4.69, 9.17) is 0 Å². The van der Waals surface area contributed by atoms with Gasteiger partial charge in [-0.05, 0) is 47.6 Å². The Morgan fingerprint density at radius 2 is 1.38 bits per heavy atom. The number of carbonyl (C=O) groups excluding carboxylic acids is 1. The molecule has 4 nitrogen and oxygen atoms in total. The van der Waals surface area contributed by atoms with Crippen molar-refractivity contribution in [1.82, 2.24) is 5.48 Å². The summed E-state index contributed by atoms with van der Waals surface area (Å²) in [5, 5.41) is 9.20. The summed E-state index contributed by atoms with van der Waals surface area (Å²) in [6, 6.07) is 28.4. The molecule has 1 unspecified atom stereocenters. The lowest BCUT2D eigenvalue weighted by molar-refractivity contribution is -0.129. The predicted molar refractivity (Wildman–Crippen MR) is 115 cm³/mol. The van der Waals surface area contributed by atoms with Crippen LogP contribution in [0.1, 0.15) is 41.4 Å². The first kappa shape index (κ1) is 19.2. The van der Waals surface area contributed by atoms with Crippen LogP contribution in [0, 0.1) is 0 Å². The number of hydrogen-bond donors (Lipinski definition) is 2. The number of nitrogens with one attached hydrogen (secondary N) is 1. The number of carbonyl (C=O) groups is 1. The molecule has 0 saturated carbocycles. The third-order valence-corrected chi connectivity index (χ3v) is 5.86. The number of hydroxylamine groups is 1. The Hall–Kier alpha value is -3.11. The molecule has 0 aliphatic carbocycles. The molecule has 0 radical (unpaired) electrons. The van der Waals surface area contributed by atoms with E-state index in [0.717, 1.165) is 37.1 Å². The van der Waals surface area contributed by atoms with Gasteiger partial charge < -0.3 is 4.90 Å². The lowest BCUT2D eigenvalue weighted by Gasteiger charge is -2.34. The largest absolute Gasteiger partial charge is 0.371 e. The van der Waals surface area contributed by atoms with Gasteiger partial charge >= 0.3 is 0 Å². The molecule has 1 aliphatic rings. The van der Waals surface area contributed by atoms with Crippen molar-refractivity contribution in [3.05, 3.63) is 102 Å². The number of piperidine rings is 1. The SMILES string of the molecule is O=C(NO)C(c1ccccc1)c1ccc(N2CCC(c3ccccc3)CC2)cc1. The van der Waals surface area contributed by atoms with Crippen molar-refractivity contribution < 1.29 is 10.0 Å². The maximum Gasteiger partial charge on any atom is 0.255 e. The van der Waals surface area contributed by atoms with Gasteiger partial charge in [-0.2, -0.15) is 0 Å². The molecule has 0 aromatic heterocycles. The number of rotatable bonds is 5. The first-order chi connectivity index (χ1) is 14.3. The van der Waals surface area contributed by atoms with Gasteiger partial charge in [0.25, 0.3) is 5.91 Å². The van der Waals surface area contributed by atoms with Crippen molar-refractivity contribution in [2.24, 2.45) is 0 Å². The minimum atomic E-state index is -0.529. The fourth-order valence-electron chi connectivity index (χ4n) is 4.28. The minimum absolute atomic E-state index is 0.423. The number of hydrogen-bond acceptors (Lipinski definition) is 3. The van der Waals surface area contributed by atoms with Crippen molar-refractivity contribution >= 4 is 11.6 Å². The van der Waals surface area contributed by atoms with Crippen LogP contribution < -0.4 is 10.4 Å². The standard InChI is InChI=1S/C25H26N2O2/c28-25(26-29)24(21-9-5-2-6-10-21)22-11-13-23(14-12-22)27-17-15-20(16-18-27)19-7-3-1-4-8-19/h1-14,20,24,29H,15-18H2,(H,26,28). The highest BCUT2D eigenvalue weighted by molar-refractivity contribution is 5.86. The van der Waals surface area contributed by atoms with Crippen LogP contribution in [0.4, 0.5) is 5.69 Å². The lowest BCUT2D eigenvalue weighted by Crippen LogP contribution is -2.33. The second kappa shape index (κ2) is 8.93. The summed E-state index contributed by atoms with van der Waals surface area (Å²) < 4.78 is 0. The van der Waals surface area contributed by atoms with Gasteiger partial charge in [0.2, 0.25) is 0 Å². The molecule has 1 amide bonds. The molecule has 29 heavy (non-hydrogen) atoms. The van der Waals surface area contributed by atoms with E-state index in [9.17, 15) is 10.0 Å². The zero-order valence-electron chi connectivity index (χ0n) is 16.4. The van der Waals surface area contributed by atoms with Crippen LogP contribution in [0.3, 0.4) is 0 Å². The smallest absolute Gasteiger partial charge is 0.255 e. The fourth-order valence-corrected chi connectivity index (χ4v) is 4.28. The van der Waals surface area contributed by atoms with Crippen LogP contribution in [0.25, 0.3) is 0 Å². The first-order valence-electron chi connectivity index (χ1n) is 10.1. The molecule has 1 heterocycles. The summed E-state index contributed by atoms with van der Waals surface area (Å²) in [5.41, 5.74) is 6.15. The van der Waals surface area contributed by atoms with E-state index in [1.165, 1.54) is 11.3 Å². The number of benzene rings is 3.